The van der Waals surface area contributed by atoms with E-state index in [9.17, 15) is 27.2 Å². The summed E-state index contributed by atoms with van der Waals surface area (Å²) in [7, 11) is -4.88. The number of hydrogen-bond acceptors (Lipinski definition) is 5. The molecule has 0 aromatic heterocycles. The summed E-state index contributed by atoms with van der Waals surface area (Å²) in [5.74, 6) is -0.672. The third-order valence-corrected chi connectivity index (χ3v) is 4.86. The third kappa shape index (κ3) is 3.05. The Balaban J connectivity index is 2.53. The Morgan fingerprint density at radius 1 is 1.48 bits per heavy atom. The quantitative estimate of drug-likeness (QED) is 0.454. The lowest BCUT2D eigenvalue weighted by Crippen LogP contribution is -2.28. The molecule has 0 spiro atoms. The molecule has 1 atom stereocenters. The molecule has 21 heavy (non-hydrogen) atoms. The minimum absolute atomic E-state index is 0.0539. The molecule has 0 aliphatic carbocycles. The highest BCUT2D eigenvalue weighted by atomic mass is 79.9. The van der Waals surface area contributed by atoms with Gasteiger partial charge in [0.1, 0.15) is 10.9 Å². The van der Waals surface area contributed by atoms with Gasteiger partial charge in [0.25, 0.3) is 5.69 Å². The van der Waals surface area contributed by atoms with Crippen LogP contribution in [0.1, 0.15) is 12.0 Å². The molecule has 0 saturated carbocycles. The fourth-order valence-corrected chi connectivity index (χ4v) is 3.65. The first-order valence-corrected chi connectivity index (χ1v) is 8.03. The summed E-state index contributed by atoms with van der Waals surface area (Å²) in [6, 6.07) is 2.83. The van der Waals surface area contributed by atoms with Crippen LogP contribution in [0.5, 0.6) is 0 Å². The maximum absolute atomic E-state index is 13.0. The zero-order valence-corrected chi connectivity index (χ0v) is 13.1. The van der Waals surface area contributed by atoms with Gasteiger partial charge in [-0.3, -0.25) is 14.9 Å². The molecule has 1 aromatic rings. The van der Waals surface area contributed by atoms with Gasteiger partial charge in [0, 0.05) is 23.5 Å². The lowest BCUT2D eigenvalue weighted by Gasteiger charge is -2.18. The molecule has 1 aromatic carbocycles. The van der Waals surface area contributed by atoms with Crippen LogP contribution in [-0.4, -0.2) is 31.0 Å². The van der Waals surface area contributed by atoms with E-state index in [2.05, 4.69) is 15.9 Å². The Morgan fingerprint density at radius 2 is 2.10 bits per heavy atom. The highest BCUT2D eigenvalue weighted by Crippen LogP contribution is 2.39. The Hall–Kier alpha value is -1.55. The molecule has 1 fully saturated rings. The van der Waals surface area contributed by atoms with Crippen LogP contribution in [0.2, 0.25) is 0 Å². The Labute approximate surface area is 128 Å². The third-order valence-electron chi connectivity index (χ3n) is 3.14. The van der Waals surface area contributed by atoms with Crippen LogP contribution in [0.3, 0.4) is 0 Å². The fourth-order valence-electron chi connectivity index (χ4n) is 2.20. The molecule has 114 valence electrons. The largest absolute Gasteiger partial charge is 0.307 e. The molecule has 1 unspecified atom stereocenters. The van der Waals surface area contributed by atoms with Crippen LogP contribution in [0, 0.1) is 17.0 Å². The van der Waals surface area contributed by atoms with Crippen molar-refractivity contribution >= 4 is 43.4 Å². The first kappa shape index (κ1) is 15.8. The molecule has 1 amide bonds. The van der Waals surface area contributed by atoms with Gasteiger partial charge in [0.05, 0.1) is 4.92 Å². The molecule has 1 saturated heterocycles. The van der Waals surface area contributed by atoms with Crippen molar-refractivity contribution in [3.05, 3.63) is 32.3 Å². The number of amides is 1. The van der Waals surface area contributed by atoms with E-state index in [1.165, 1.54) is 6.07 Å². The van der Waals surface area contributed by atoms with Gasteiger partial charge in [-0.2, -0.15) is 8.42 Å². The maximum atomic E-state index is 13.0. The molecular formula is C11H10BrFN2O5S. The zero-order valence-electron chi connectivity index (χ0n) is 10.7. The van der Waals surface area contributed by atoms with Crippen LogP contribution in [0.15, 0.2) is 16.6 Å². The second-order valence-corrected chi connectivity index (χ2v) is 7.15. The van der Waals surface area contributed by atoms with Crippen molar-refractivity contribution in [1.29, 1.82) is 0 Å². The van der Waals surface area contributed by atoms with Gasteiger partial charge in [0.15, 0.2) is 0 Å². The molecule has 0 bridgehead atoms. The van der Waals surface area contributed by atoms with Crippen molar-refractivity contribution in [2.75, 3.05) is 11.4 Å². The number of nitro benzene ring substituents is 1. The van der Waals surface area contributed by atoms with E-state index in [-0.39, 0.29) is 15.8 Å². The Bertz CT molecular complexity index is 736. The van der Waals surface area contributed by atoms with Crippen molar-refractivity contribution in [3.8, 4) is 0 Å². The zero-order chi connectivity index (χ0) is 15.9. The Kier molecular flexibility index (Phi) is 4.02. The molecule has 1 aliphatic heterocycles. The van der Waals surface area contributed by atoms with Gasteiger partial charge in [0.2, 0.25) is 5.91 Å². The highest BCUT2D eigenvalue weighted by Gasteiger charge is 2.41. The number of anilines is 1. The summed E-state index contributed by atoms with van der Waals surface area (Å²) in [4.78, 5) is 23.3. The van der Waals surface area contributed by atoms with Gasteiger partial charge in [-0.1, -0.05) is 0 Å². The SMILES string of the molecule is Cc1cc(Br)c(N2CC(S(=O)(=O)F)CC2=O)c([N+](=O)[O-])c1. The first-order chi connectivity index (χ1) is 9.61. The summed E-state index contributed by atoms with van der Waals surface area (Å²) in [6.07, 6.45) is -0.531. The Morgan fingerprint density at radius 3 is 2.57 bits per heavy atom. The molecular weight excluding hydrogens is 371 g/mol. The highest BCUT2D eigenvalue weighted by molar-refractivity contribution is 9.10. The number of halogens is 2. The number of hydrogen-bond donors (Lipinski definition) is 0. The number of carbonyl (C=O) groups is 1. The van der Waals surface area contributed by atoms with E-state index >= 15 is 0 Å². The van der Waals surface area contributed by atoms with E-state index in [0.29, 0.717) is 5.56 Å². The summed E-state index contributed by atoms with van der Waals surface area (Å²) in [5, 5.41) is 9.62. The molecule has 2 rings (SSSR count). The van der Waals surface area contributed by atoms with Crippen molar-refractivity contribution < 1.29 is 22.0 Å². The van der Waals surface area contributed by atoms with Crippen LogP contribution >= 0.6 is 15.9 Å². The second-order valence-electron chi connectivity index (χ2n) is 4.68. The van der Waals surface area contributed by atoms with Crippen molar-refractivity contribution in [3.63, 3.8) is 0 Å². The van der Waals surface area contributed by atoms with Crippen LogP contribution in [0.25, 0.3) is 0 Å². The number of benzene rings is 1. The van der Waals surface area contributed by atoms with E-state index in [4.69, 9.17) is 0 Å². The molecule has 0 radical (unpaired) electrons. The monoisotopic (exact) mass is 380 g/mol. The second kappa shape index (κ2) is 5.34. The van der Waals surface area contributed by atoms with Crippen molar-refractivity contribution in [2.24, 2.45) is 0 Å². The van der Waals surface area contributed by atoms with Crippen molar-refractivity contribution in [2.45, 2.75) is 18.6 Å². The topological polar surface area (TPSA) is 97.6 Å². The van der Waals surface area contributed by atoms with E-state index in [1.54, 1.807) is 13.0 Å². The first-order valence-electron chi connectivity index (χ1n) is 5.79. The minimum atomic E-state index is -4.88. The predicted molar refractivity (Wildman–Crippen MR) is 76.3 cm³/mol. The van der Waals surface area contributed by atoms with Gasteiger partial charge in [-0.15, -0.1) is 3.89 Å². The van der Waals surface area contributed by atoms with Crippen LogP contribution in [-0.2, 0) is 15.0 Å². The van der Waals surface area contributed by atoms with Crippen LogP contribution < -0.4 is 4.90 Å². The smallest absolute Gasteiger partial charge is 0.304 e. The van der Waals surface area contributed by atoms with Gasteiger partial charge >= 0.3 is 10.2 Å². The summed E-state index contributed by atoms with van der Waals surface area (Å²) >= 11 is 3.13. The average molecular weight is 381 g/mol. The van der Waals surface area contributed by atoms with Gasteiger partial charge < -0.3 is 4.90 Å². The predicted octanol–water partition coefficient (Wildman–Crippen LogP) is 2.07. The number of aryl methyl sites for hydroxylation is 1. The van der Waals surface area contributed by atoms with Gasteiger partial charge in [-0.25, -0.2) is 0 Å². The number of nitrogens with zero attached hydrogens (tertiary/aromatic N) is 2. The number of carbonyl (C=O) groups excluding carboxylic acids is 1. The minimum Gasteiger partial charge on any atom is -0.304 e. The number of rotatable bonds is 3. The van der Waals surface area contributed by atoms with E-state index in [1.807, 2.05) is 0 Å². The fraction of sp³-hybridized carbons (Fsp3) is 0.364. The van der Waals surface area contributed by atoms with Crippen LogP contribution in [0.4, 0.5) is 15.3 Å². The molecule has 7 nitrogen and oxygen atoms in total. The van der Waals surface area contributed by atoms with Gasteiger partial charge in [-0.05, 0) is 34.5 Å². The lowest BCUT2D eigenvalue weighted by atomic mass is 10.2. The maximum Gasteiger partial charge on any atom is 0.307 e. The molecule has 0 N–H and O–H groups in total. The average Bonchev–Trinajstić information content (AvgIpc) is 2.70. The van der Waals surface area contributed by atoms with E-state index in [0.717, 1.165) is 4.90 Å². The summed E-state index contributed by atoms with van der Waals surface area (Å²) < 4.78 is 35.2. The van der Waals surface area contributed by atoms with E-state index < -0.39 is 39.3 Å². The lowest BCUT2D eigenvalue weighted by molar-refractivity contribution is -0.384. The molecule has 10 heteroatoms. The normalized spacial score (nSPS) is 19.1. The standard InChI is InChI=1S/C11H10BrFN2O5S/c1-6-2-8(12)11(9(3-6)15(17)18)14-5-7(4-10(14)16)21(13,19)20/h2-3,7H,4-5H2,1H3. The number of nitro groups is 1. The summed E-state index contributed by atoms with van der Waals surface area (Å²) in [5.41, 5.74) is 0.201. The summed E-state index contributed by atoms with van der Waals surface area (Å²) in [6.45, 7) is 1.20. The molecule has 1 heterocycles. The molecule has 1 aliphatic rings. The van der Waals surface area contributed by atoms with Crippen molar-refractivity contribution in [1.82, 2.24) is 0 Å².